The Morgan fingerprint density at radius 1 is 1.62 bits per heavy atom. The highest BCUT2D eigenvalue weighted by Crippen LogP contribution is 2.09. The van der Waals surface area contributed by atoms with Crippen LogP contribution in [0.4, 0.5) is 0 Å². The smallest absolute Gasteiger partial charge is 0.330 e. The van der Waals surface area contributed by atoms with Gasteiger partial charge in [0.25, 0.3) is 0 Å². The number of carbonyl (C=O) groups excluding carboxylic acids is 1. The van der Waals surface area contributed by atoms with Crippen molar-refractivity contribution < 1.29 is 9.53 Å². The number of methoxy groups -OCH3 is 1. The highest BCUT2D eigenvalue weighted by atomic mass is 16.5. The zero-order chi connectivity index (χ0) is 9.68. The zero-order valence-corrected chi connectivity index (χ0v) is 8.12. The molecule has 0 bridgehead atoms. The van der Waals surface area contributed by atoms with E-state index in [4.69, 9.17) is 0 Å². The SMILES string of the molecule is COC(=O)[C@H](C)N=C1CC=CCC1. The average Bonchev–Trinajstić information content (AvgIpc) is 2.18. The lowest BCUT2D eigenvalue weighted by Crippen LogP contribution is -2.18. The van der Waals surface area contributed by atoms with Crippen molar-refractivity contribution in [2.24, 2.45) is 4.99 Å². The maximum absolute atomic E-state index is 11.0. The molecule has 0 saturated carbocycles. The van der Waals surface area contributed by atoms with Crippen LogP contribution in [0.2, 0.25) is 0 Å². The van der Waals surface area contributed by atoms with Gasteiger partial charge in [-0.2, -0.15) is 0 Å². The zero-order valence-electron chi connectivity index (χ0n) is 8.12. The quantitative estimate of drug-likeness (QED) is 0.480. The second-order valence-electron chi connectivity index (χ2n) is 3.11. The predicted octanol–water partition coefficient (Wildman–Crippen LogP) is 1.73. The number of esters is 1. The highest BCUT2D eigenvalue weighted by Gasteiger charge is 2.12. The van der Waals surface area contributed by atoms with E-state index in [0.29, 0.717) is 0 Å². The van der Waals surface area contributed by atoms with Gasteiger partial charge in [0, 0.05) is 12.1 Å². The van der Waals surface area contributed by atoms with Gasteiger partial charge in [-0.05, 0) is 19.8 Å². The minimum Gasteiger partial charge on any atom is -0.467 e. The normalized spacial score (nSPS) is 21.5. The summed E-state index contributed by atoms with van der Waals surface area (Å²) < 4.78 is 4.59. The summed E-state index contributed by atoms with van der Waals surface area (Å²) in [6.07, 6.45) is 7.11. The molecule has 1 atom stereocenters. The van der Waals surface area contributed by atoms with Gasteiger partial charge in [-0.3, -0.25) is 4.99 Å². The Morgan fingerprint density at radius 3 is 2.92 bits per heavy atom. The molecule has 0 aromatic rings. The van der Waals surface area contributed by atoms with Crippen LogP contribution in [0.3, 0.4) is 0 Å². The van der Waals surface area contributed by atoms with Crippen molar-refractivity contribution >= 4 is 11.7 Å². The van der Waals surface area contributed by atoms with Crippen molar-refractivity contribution in [1.82, 2.24) is 0 Å². The van der Waals surface area contributed by atoms with E-state index in [2.05, 4.69) is 21.9 Å². The molecule has 0 aromatic heterocycles. The van der Waals surface area contributed by atoms with Gasteiger partial charge in [0.15, 0.2) is 0 Å². The standard InChI is InChI=1S/C10H15NO2/c1-8(10(12)13-2)11-9-6-4-3-5-7-9/h3-4,8H,5-7H2,1-2H3/t8-/m0/s1. The molecule has 0 spiro atoms. The topological polar surface area (TPSA) is 38.7 Å². The minimum absolute atomic E-state index is 0.262. The molecule has 3 nitrogen and oxygen atoms in total. The Morgan fingerprint density at radius 2 is 2.38 bits per heavy atom. The summed E-state index contributed by atoms with van der Waals surface area (Å²) in [5.74, 6) is -0.262. The number of hydrogen-bond acceptors (Lipinski definition) is 3. The lowest BCUT2D eigenvalue weighted by atomic mass is 10.1. The number of aliphatic imine (C=N–C) groups is 1. The van der Waals surface area contributed by atoms with Gasteiger partial charge in [-0.1, -0.05) is 12.2 Å². The molecule has 72 valence electrons. The van der Waals surface area contributed by atoms with Crippen molar-refractivity contribution in [3.63, 3.8) is 0 Å². The van der Waals surface area contributed by atoms with Crippen LogP contribution < -0.4 is 0 Å². The molecule has 1 aliphatic carbocycles. The predicted molar refractivity (Wildman–Crippen MR) is 51.9 cm³/mol. The summed E-state index contributed by atoms with van der Waals surface area (Å²) in [6.45, 7) is 1.76. The molecule has 0 aliphatic heterocycles. The Bertz CT molecular complexity index is 243. The van der Waals surface area contributed by atoms with E-state index in [1.165, 1.54) is 7.11 Å². The molecule has 0 amide bonds. The van der Waals surface area contributed by atoms with Crippen molar-refractivity contribution in [2.45, 2.75) is 32.2 Å². The Balaban J connectivity index is 2.53. The molecule has 1 aliphatic rings. The number of ether oxygens (including phenoxy) is 1. The first-order chi connectivity index (χ1) is 6.24. The fourth-order valence-electron chi connectivity index (χ4n) is 1.30. The number of nitrogens with zero attached hydrogens (tertiary/aromatic N) is 1. The van der Waals surface area contributed by atoms with E-state index in [1.807, 2.05) is 0 Å². The van der Waals surface area contributed by atoms with Crippen LogP contribution >= 0.6 is 0 Å². The first kappa shape index (κ1) is 9.96. The molecule has 0 radical (unpaired) electrons. The molecule has 0 N–H and O–H groups in total. The van der Waals surface area contributed by atoms with Gasteiger partial charge in [0.05, 0.1) is 7.11 Å². The second kappa shape index (κ2) is 4.80. The lowest BCUT2D eigenvalue weighted by Gasteiger charge is -2.10. The Kier molecular flexibility index (Phi) is 3.68. The second-order valence-corrected chi connectivity index (χ2v) is 3.11. The van der Waals surface area contributed by atoms with Crippen molar-refractivity contribution in [3.8, 4) is 0 Å². The molecule has 0 unspecified atom stereocenters. The van der Waals surface area contributed by atoms with Gasteiger partial charge in [0.1, 0.15) is 6.04 Å². The Labute approximate surface area is 78.5 Å². The van der Waals surface area contributed by atoms with Gasteiger partial charge in [-0.25, -0.2) is 4.79 Å². The molecular weight excluding hydrogens is 166 g/mol. The molecule has 0 fully saturated rings. The maximum Gasteiger partial charge on any atom is 0.330 e. The third kappa shape index (κ3) is 3.01. The minimum atomic E-state index is -0.355. The summed E-state index contributed by atoms with van der Waals surface area (Å²) in [5, 5.41) is 0. The summed E-state index contributed by atoms with van der Waals surface area (Å²) in [5.41, 5.74) is 1.10. The maximum atomic E-state index is 11.0. The van der Waals surface area contributed by atoms with Gasteiger partial charge in [-0.15, -0.1) is 0 Å². The van der Waals surface area contributed by atoms with Gasteiger partial charge in [0.2, 0.25) is 0 Å². The third-order valence-corrected chi connectivity index (χ3v) is 2.04. The monoisotopic (exact) mass is 181 g/mol. The lowest BCUT2D eigenvalue weighted by molar-refractivity contribution is -0.141. The Hall–Kier alpha value is -1.12. The molecule has 0 aromatic carbocycles. The largest absolute Gasteiger partial charge is 0.467 e. The van der Waals surface area contributed by atoms with Crippen molar-refractivity contribution in [1.29, 1.82) is 0 Å². The van der Waals surface area contributed by atoms with E-state index >= 15 is 0 Å². The molecule has 13 heavy (non-hydrogen) atoms. The molecule has 3 heteroatoms. The van der Waals surface area contributed by atoms with Crippen LogP contribution in [0.25, 0.3) is 0 Å². The van der Waals surface area contributed by atoms with Crippen LogP contribution in [0, 0.1) is 0 Å². The van der Waals surface area contributed by atoms with Crippen LogP contribution in [0.1, 0.15) is 26.2 Å². The van der Waals surface area contributed by atoms with Crippen LogP contribution in [0.15, 0.2) is 17.1 Å². The number of rotatable bonds is 2. The summed E-state index contributed by atoms with van der Waals surface area (Å²) in [4.78, 5) is 15.3. The summed E-state index contributed by atoms with van der Waals surface area (Å²) in [6, 6.07) is -0.355. The van der Waals surface area contributed by atoms with Crippen LogP contribution in [-0.4, -0.2) is 24.8 Å². The van der Waals surface area contributed by atoms with E-state index in [1.54, 1.807) is 6.92 Å². The number of hydrogen-bond donors (Lipinski definition) is 0. The van der Waals surface area contributed by atoms with Crippen molar-refractivity contribution in [3.05, 3.63) is 12.2 Å². The molecule has 0 saturated heterocycles. The highest BCUT2D eigenvalue weighted by molar-refractivity contribution is 5.89. The summed E-state index contributed by atoms with van der Waals surface area (Å²) >= 11 is 0. The van der Waals surface area contributed by atoms with E-state index in [-0.39, 0.29) is 12.0 Å². The van der Waals surface area contributed by atoms with Crippen LogP contribution in [-0.2, 0) is 9.53 Å². The average molecular weight is 181 g/mol. The molecular formula is C10H15NO2. The number of carbonyl (C=O) groups is 1. The van der Waals surface area contributed by atoms with Gasteiger partial charge < -0.3 is 4.74 Å². The molecule has 1 rings (SSSR count). The van der Waals surface area contributed by atoms with E-state index in [9.17, 15) is 4.79 Å². The van der Waals surface area contributed by atoms with Crippen LogP contribution in [0.5, 0.6) is 0 Å². The number of allylic oxidation sites excluding steroid dienone is 2. The first-order valence-corrected chi connectivity index (χ1v) is 4.52. The van der Waals surface area contributed by atoms with Crippen molar-refractivity contribution in [2.75, 3.05) is 7.11 Å². The van der Waals surface area contributed by atoms with E-state index < -0.39 is 0 Å². The molecule has 0 heterocycles. The van der Waals surface area contributed by atoms with Gasteiger partial charge >= 0.3 is 5.97 Å². The third-order valence-electron chi connectivity index (χ3n) is 2.04. The fourth-order valence-corrected chi connectivity index (χ4v) is 1.30. The van der Waals surface area contributed by atoms with E-state index in [0.717, 1.165) is 25.0 Å². The summed E-state index contributed by atoms with van der Waals surface area (Å²) in [7, 11) is 1.39. The first-order valence-electron chi connectivity index (χ1n) is 4.52. The fraction of sp³-hybridized carbons (Fsp3) is 0.600.